The minimum Gasteiger partial charge on any atom is -0.383 e. The number of hydrogen-bond acceptors (Lipinski definition) is 4. The van der Waals surface area contributed by atoms with E-state index >= 15 is 0 Å². The first kappa shape index (κ1) is 24.3. The van der Waals surface area contributed by atoms with E-state index in [4.69, 9.17) is 10.5 Å². The maximum Gasteiger partial charge on any atom is 0.240 e. The van der Waals surface area contributed by atoms with Crippen molar-refractivity contribution in [3.05, 3.63) is 59.2 Å². The van der Waals surface area contributed by atoms with Crippen LogP contribution >= 0.6 is 24.0 Å². The van der Waals surface area contributed by atoms with Crippen molar-refractivity contribution in [2.45, 2.75) is 25.3 Å². The molecule has 0 aliphatic rings. The maximum atomic E-state index is 12.3. The Morgan fingerprint density at radius 1 is 1.14 bits per heavy atom. The minimum atomic E-state index is -3.58. The highest BCUT2D eigenvalue weighted by Crippen LogP contribution is 2.14. The number of guanidine groups is 1. The van der Waals surface area contributed by atoms with Crippen LogP contribution in [0.25, 0.3) is 0 Å². The summed E-state index contributed by atoms with van der Waals surface area (Å²) in [6, 6.07) is 12.7. The van der Waals surface area contributed by atoms with Crippen molar-refractivity contribution in [1.82, 2.24) is 4.72 Å². The standard InChI is InChI=1S/C19H26N4O3S.HI/c1-14-9-15(2)11-17(10-14)23-19(20)21-13-16-5-4-6-18(12-16)27(24,25)22-7-8-26-3;/h4-6,9-12,22H,7-8,13H2,1-3H3,(H3,20,21,23);1H. The van der Waals surface area contributed by atoms with Gasteiger partial charge in [-0.15, -0.1) is 24.0 Å². The smallest absolute Gasteiger partial charge is 0.240 e. The molecule has 2 aromatic rings. The van der Waals surface area contributed by atoms with E-state index in [0.717, 1.165) is 22.4 Å². The number of hydrogen-bond donors (Lipinski definition) is 3. The molecular weight excluding hydrogens is 491 g/mol. The van der Waals surface area contributed by atoms with Crippen molar-refractivity contribution in [1.29, 1.82) is 0 Å². The first-order valence-corrected chi connectivity index (χ1v) is 10.0. The summed E-state index contributed by atoms with van der Waals surface area (Å²) in [5.74, 6) is 0.270. The van der Waals surface area contributed by atoms with Gasteiger partial charge in [0.1, 0.15) is 0 Å². The first-order valence-electron chi connectivity index (χ1n) is 8.53. The fourth-order valence-corrected chi connectivity index (χ4v) is 3.67. The van der Waals surface area contributed by atoms with Gasteiger partial charge in [0, 0.05) is 19.3 Å². The summed E-state index contributed by atoms with van der Waals surface area (Å²) in [6.45, 7) is 4.82. The number of nitrogens with zero attached hydrogens (tertiary/aromatic N) is 1. The Morgan fingerprint density at radius 3 is 2.46 bits per heavy atom. The fraction of sp³-hybridized carbons (Fsp3) is 0.316. The number of benzene rings is 2. The zero-order valence-electron chi connectivity index (χ0n) is 16.2. The number of anilines is 1. The lowest BCUT2D eigenvalue weighted by molar-refractivity contribution is 0.204. The predicted octanol–water partition coefficient (Wildman–Crippen LogP) is 2.77. The molecule has 2 aromatic carbocycles. The second-order valence-electron chi connectivity index (χ2n) is 6.24. The van der Waals surface area contributed by atoms with Crippen LogP contribution in [0.15, 0.2) is 52.4 Å². The molecule has 0 radical (unpaired) electrons. The van der Waals surface area contributed by atoms with E-state index in [9.17, 15) is 8.42 Å². The Balaban J connectivity index is 0.00000392. The van der Waals surface area contributed by atoms with Crippen LogP contribution in [0.5, 0.6) is 0 Å². The van der Waals surface area contributed by atoms with E-state index < -0.39 is 10.0 Å². The summed E-state index contributed by atoms with van der Waals surface area (Å²) in [4.78, 5) is 4.48. The Labute approximate surface area is 183 Å². The van der Waals surface area contributed by atoms with E-state index in [1.807, 2.05) is 32.0 Å². The number of nitrogens with one attached hydrogen (secondary N) is 2. The molecule has 0 spiro atoms. The largest absolute Gasteiger partial charge is 0.383 e. The topological polar surface area (TPSA) is 106 Å². The van der Waals surface area contributed by atoms with Crippen molar-refractivity contribution in [2.24, 2.45) is 10.7 Å². The summed E-state index contributed by atoms with van der Waals surface area (Å²) in [5, 5.41) is 3.06. The molecule has 154 valence electrons. The molecule has 28 heavy (non-hydrogen) atoms. The van der Waals surface area contributed by atoms with Gasteiger partial charge in [0.05, 0.1) is 18.0 Å². The monoisotopic (exact) mass is 518 g/mol. The van der Waals surface area contributed by atoms with E-state index in [1.54, 1.807) is 18.2 Å². The summed E-state index contributed by atoms with van der Waals surface area (Å²) in [5.41, 5.74) is 9.82. The molecule has 0 heterocycles. The summed E-state index contributed by atoms with van der Waals surface area (Å²) in [6.07, 6.45) is 0. The average molecular weight is 518 g/mol. The number of methoxy groups -OCH3 is 1. The highest BCUT2D eigenvalue weighted by atomic mass is 127. The van der Waals surface area contributed by atoms with Crippen LogP contribution in [0.4, 0.5) is 5.69 Å². The second kappa shape index (κ2) is 11.3. The van der Waals surface area contributed by atoms with Gasteiger partial charge in [-0.05, 0) is 54.8 Å². The quantitative estimate of drug-likeness (QED) is 0.216. The Hall–Kier alpha value is -1.69. The molecule has 7 nitrogen and oxygen atoms in total. The molecule has 0 bridgehead atoms. The van der Waals surface area contributed by atoms with Crippen molar-refractivity contribution < 1.29 is 13.2 Å². The summed E-state index contributed by atoms with van der Waals surface area (Å²) in [7, 11) is -2.06. The SMILES string of the molecule is COCCNS(=O)(=O)c1cccc(CN=C(N)Nc2cc(C)cc(C)c2)c1.I. The van der Waals surface area contributed by atoms with Gasteiger partial charge in [-0.2, -0.15) is 0 Å². The molecule has 0 unspecified atom stereocenters. The molecule has 9 heteroatoms. The lowest BCUT2D eigenvalue weighted by Gasteiger charge is -2.09. The zero-order chi connectivity index (χ0) is 19.9. The lowest BCUT2D eigenvalue weighted by atomic mass is 10.1. The molecule has 4 N–H and O–H groups in total. The van der Waals surface area contributed by atoms with Crippen molar-refractivity contribution in [2.75, 3.05) is 25.6 Å². The third-order valence-electron chi connectivity index (χ3n) is 3.73. The molecule has 2 rings (SSSR count). The van der Waals surface area contributed by atoms with Crippen LogP contribution < -0.4 is 15.8 Å². The van der Waals surface area contributed by atoms with Gasteiger partial charge in [0.25, 0.3) is 0 Å². The third kappa shape index (κ3) is 7.74. The molecule has 0 saturated carbocycles. The normalized spacial score (nSPS) is 11.8. The zero-order valence-corrected chi connectivity index (χ0v) is 19.4. The molecule has 0 saturated heterocycles. The Kier molecular flexibility index (Phi) is 9.87. The number of aliphatic imine (C=N–C) groups is 1. The highest BCUT2D eigenvalue weighted by molar-refractivity contribution is 14.0. The van der Waals surface area contributed by atoms with Crippen LogP contribution in [0.3, 0.4) is 0 Å². The number of aryl methyl sites for hydroxylation is 2. The van der Waals surface area contributed by atoms with E-state index in [1.165, 1.54) is 7.11 Å². The average Bonchev–Trinajstić information content (AvgIpc) is 2.59. The summed E-state index contributed by atoms with van der Waals surface area (Å²) >= 11 is 0. The van der Waals surface area contributed by atoms with Gasteiger partial charge in [-0.3, -0.25) is 0 Å². The van der Waals surface area contributed by atoms with Crippen molar-refractivity contribution in [3.8, 4) is 0 Å². The highest BCUT2D eigenvalue weighted by Gasteiger charge is 2.13. The van der Waals surface area contributed by atoms with Crippen LogP contribution in [-0.4, -0.2) is 34.6 Å². The van der Waals surface area contributed by atoms with E-state index in [0.29, 0.717) is 6.61 Å². The molecule has 0 fully saturated rings. The molecule has 0 amide bonds. The first-order chi connectivity index (χ1) is 12.8. The van der Waals surface area contributed by atoms with Gasteiger partial charge in [0.15, 0.2) is 5.96 Å². The number of rotatable bonds is 8. The van der Waals surface area contributed by atoms with Crippen molar-refractivity contribution in [3.63, 3.8) is 0 Å². The van der Waals surface area contributed by atoms with E-state index in [-0.39, 0.29) is 47.9 Å². The van der Waals surface area contributed by atoms with Gasteiger partial charge in [-0.1, -0.05) is 18.2 Å². The van der Waals surface area contributed by atoms with Crippen LogP contribution in [0, 0.1) is 13.8 Å². The van der Waals surface area contributed by atoms with Crippen molar-refractivity contribution >= 4 is 45.6 Å². The van der Waals surface area contributed by atoms with Crippen LogP contribution in [0.2, 0.25) is 0 Å². The van der Waals surface area contributed by atoms with Gasteiger partial charge in [0.2, 0.25) is 10.0 Å². The number of halogens is 1. The second-order valence-corrected chi connectivity index (χ2v) is 8.01. The van der Waals surface area contributed by atoms with Gasteiger partial charge >= 0.3 is 0 Å². The fourth-order valence-electron chi connectivity index (χ4n) is 2.58. The third-order valence-corrected chi connectivity index (χ3v) is 5.19. The van der Waals surface area contributed by atoms with Gasteiger partial charge in [-0.25, -0.2) is 18.1 Å². The van der Waals surface area contributed by atoms with Crippen LogP contribution in [0.1, 0.15) is 16.7 Å². The number of nitrogens with two attached hydrogens (primary N) is 1. The molecular formula is C19H27IN4O3S. The lowest BCUT2D eigenvalue weighted by Crippen LogP contribution is -2.27. The molecule has 0 aromatic heterocycles. The number of sulfonamides is 1. The van der Waals surface area contributed by atoms with E-state index in [2.05, 4.69) is 21.1 Å². The van der Waals surface area contributed by atoms with Crippen LogP contribution in [-0.2, 0) is 21.3 Å². The minimum absolute atomic E-state index is 0. The maximum absolute atomic E-state index is 12.3. The molecule has 0 aliphatic carbocycles. The summed E-state index contributed by atoms with van der Waals surface area (Å²) < 4.78 is 31.9. The molecule has 0 atom stereocenters. The Bertz CT molecular complexity index is 897. The number of ether oxygens (including phenoxy) is 1. The molecule has 0 aliphatic heterocycles. The van der Waals surface area contributed by atoms with Gasteiger partial charge < -0.3 is 15.8 Å². The Morgan fingerprint density at radius 2 is 1.82 bits per heavy atom. The predicted molar refractivity (Wildman–Crippen MR) is 124 cm³/mol.